The maximum atomic E-state index is 11.2. The van der Waals surface area contributed by atoms with Gasteiger partial charge in [-0.3, -0.25) is 9.59 Å². The summed E-state index contributed by atoms with van der Waals surface area (Å²) in [6.45, 7) is 2.33. The summed E-state index contributed by atoms with van der Waals surface area (Å²) in [4.78, 5) is 26.0. The number of hydrogen-bond donors (Lipinski definition) is 2. The molecule has 2 N–H and O–H groups in total. The Balaban J connectivity index is 2.33. The van der Waals surface area contributed by atoms with Crippen LogP contribution in [0.25, 0.3) is 0 Å². The van der Waals surface area contributed by atoms with E-state index in [2.05, 4.69) is 15.6 Å². The van der Waals surface area contributed by atoms with E-state index in [9.17, 15) is 9.59 Å². The molecule has 0 aliphatic rings. The smallest absolute Gasteiger partial charge is 0.235 e. The quantitative estimate of drug-likeness (QED) is 0.720. The lowest BCUT2D eigenvalue weighted by molar-refractivity contribution is -0.126. The third kappa shape index (κ3) is 3.53. The summed E-state index contributed by atoms with van der Waals surface area (Å²) in [5, 5.41) is 7.32. The lowest BCUT2D eigenvalue weighted by atomic mass is 10.4. The molecule has 1 heterocycles. The second kappa shape index (κ2) is 5.33. The molecule has 0 atom stereocenters. The number of amides is 2. The Morgan fingerprint density at radius 3 is 2.86 bits per heavy atom. The normalized spacial score (nSPS) is 9.50. The van der Waals surface area contributed by atoms with Crippen LogP contribution in [-0.4, -0.2) is 23.3 Å². The Hall–Kier alpha value is -1.43. The molecule has 0 fully saturated rings. The Bertz CT molecular complexity index is 310. The lowest BCUT2D eigenvalue weighted by Crippen LogP contribution is -2.27. The third-order valence-corrected chi connectivity index (χ3v) is 2.06. The highest BCUT2D eigenvalue weighted by atomic mass is 32.1. The van der Waals surface area contributed by atoms with Gasteiger partial charge in [0.05, 0.1) is 0 Å². The molecule has 1 rings (SSSR count). The number of thiazole rings is 1. The van der Waals surface area contributed by atoms with E-state index in [1.807, 2.05) is 0 Å². The Morgan fingerprint density at radius 1 is 1.50 bits per heavy atom. The van der Waals surface area contributed by atoms with Crippen LogP contribution < -0.4 is 10.6 Å². The number of anilines is 1. The minimum absolute atomic E-state index is 0.159. The topological polar surface area (TPSA) is 71.1 Å². The van der Waals surface area contributed by atoms with E-state index < -0.39 is 0 Å². The molecule has 0 saturated heterocycles. The van der Waals surface area contributed by atoms with Crippen LogP contribution in [0.5, 0.6) is 0 Å². The number of carbonyl (C=O) groups is 2. The van der Waals surface area contributed by atoms with Crippen LogP contribution in [0, 0.1) is 0 Å². The van der Waals surface area contributed by atoms with Crippen LogP contribution in [0.3, 0.4) is 0 Å². The van der Waals surface area contributed by atoms with Crippen LogP contribution in [0.15, 0.2) is 11.6 Å². The van der Waals surface area contributed by atoms with Crippen LogP contribution in [0.2, 0.25) is 0 Å². The largest absolute Gasteiger partial charge is 0.356 e. The zero-order valence-corrected chi connectivity index (χ0v) is 8.56. The summed E-state index contributed by atoms with van der Waals surface area (Å²) in [6, 6.07) is 0. The second-order valence-corrected chi connectivity index (χ2v) is 3.41. The van der Waals surface area contributed by atoms with E-state index in [4.69, 9.17) is 0 Å². The van der Waals surface area contributed by atoms with Crippen molar-refractivity contribution in [3.63, 3.8) is 0 Å². The van der Waals surface area contributed by atoms with Gasteiger partial charge in [-0.05, 0) is 6.92 Å². The molecule has 1 aromatic heterocycles. The van der Waals surface area contributed by atoms with E-state index in [1.165, 1.54) is 11.3 Å². The van der Waals surface area contributed by atoms with Gasteiger partial charge in [0.1, 0.15) is 6.42 Å². The molecule has 0 saturated carbocycles. The highest BCUT2D eigenvalue weighted by Gasteiger charge is 2.09. The molecule has 0 aliphatic carbocycles. The summed E-state index contributed by atoms with van der Waals surface area (Å²) in [7, 11) is 0. The molecule has 76 valence electrons. The molecule has 0 unspecified atom stereocenters. The Kier molecular flexibility index (Phi) is 4.06. The van der Waals surface area contributed by atoms with Gasteiger partial charge in [-0.15, -0.1) is 11.3 Å². The van der Waals surface area contributed by atoms with Gasteiger partial charge in [-0.2, -0.15) is 0 Å². The summed E-state index contributed by atoms with van der Waals surface area (Å²) in [6.07, 6.45) is 1.43. The molecule has 0 aliphatic heterocycles. The minimum atomic E-state index is -0.342. The van der Waals surface area contributed by atoms with Crippen molar-refractivity contribution in [2.75, 3.05) is 11.9 Å². The molecular weight excluding hydrogens is 202 g/mol. The first-order chi connectivity index (χ1) is 6.72. The van der Waals surface area contributed by atoms with E-state index in [1.54, 1.807) is 18.5 Å². The number of nitrogens with one attached hydrogen (secondary N) is 2. The van der Waals surface area contributed by atoms with Crippen LogP contribution >= 0.6 is 11.3 Å². The molecule has 1 aromatic rings. The standard InChI is InChI=1S/C8H11N3O2S/c1-2-9-6(12)5-7(13)11-8-10-3-4-14-8/h3-4H,2,5H2,1H3,(H,9,12)(H,10,11,13). The highest BCUT2D eigenvalue weighted by Crippen LogP contribution is 2.10. The molecule has 14 heavy (non-hydrogen) atoms. The van der Waals surface area contributed by atoms with Crippen molar-refractivity contribution in [3.8, 4) is 0 Å². The predicted molar refractivity (Wildman–Crippen MR) is 54.0 cm³/mol. The van der Waals surface area contributed by atoms with Gasteiger partial charge in [-0.1, -0.05) is 0 Å². The Morgan fingerprint density at radius 2 is 2.29 bits per heavy atom. The monoisotopic (exact) mass is 213 g/mol. The van der Waals surface area contributed by atoms with Crippen molar-refractivity contribution in [2.24, 2.45) is 0 Å². The Labute approximate surface area is 85.5 Å². The van der Waals surface area contributed by atoms with E-state index in [-0.39, 0.29) is 18.2 Å². The van der Waals surface area contributed by atoms with Crippen molar-refractivity contribution in [2.45, 2.75) is 13.3 Å². The van der Waals surface area contributed by atoms with Crippen LogP contribution in [0.1, 0.15) is 13.3 Å². The van der Waals surface area contributed by atoms with Gasteiger partial charge >= 0.3 is 0 Å². The zero-order chi connectivity index (χ0) is 10.4. The number of hydrogen-bond acceptors (Lipinski definition) is 4. The molecule has 5 nitrogen and oxygen atoms in total. The maximum absolute atomic E-state index is 11.2. The minimum Gasteiger partial charge on any atom is -0.356 e. The van der Waals surface area contributed by atoms with Gasteiger partial charge in [0.15, 0.2) is 5.13 Å². The van der Waals surface area contributed by atoms with E-state index in [0.717, 1.165) is 0 Å². The molecule has 0 bridgehead atoms. The fraction of sp³-hybridized carbons (Fsp3) is 0.375. The van der Waals surface area contributed by atoms with E-state index in [0.29, 0.717) is 11.7 Å². The fourth-order valence-corrected chi connectivity index (χ4v) is 1.40. The molecular formula is C8H11N3O2S. The molecule has 6 heteroatoms. The molecule has 0 spiro atoms. The van der Waals surface area contributed by atoms with Crippen molar-refractivity contribution in [3.05, 3.63) is 11.6 Å². The summed E-state index contributed by atoms with van der Waals surface area (Å²) >= 11 is 1.32. The summed E-state index contributed by atoms with van der Waals surface area (Å²) in [5.74, 6) is -0.618. The van der Waals surface area contributed by atoms with Gasteiger partial charge in [0, 0.05) is 18.1 Å². The predicted octanol–water partition coefficient (Wildman–Crippen LogP) is 0.608. The first kappa shape index (κ1) is 10.6. The molecule has 0 aromatic carbocycles. The highest BCUT2D eigenvalue weighted by molar-refractivity contribution is 7.13. The van der Waals surface area contributed by atoms with Gasteiger partial charge in [0.2, 0.25) is 11.8 Å². The summed E-state index contributed by atoms with van der Waals surface area (Å²) in [5.41, 5.74) is 0. The first-order valence-electron chi connectivity index (χ1n) is 4.18. The van der Waals surface area contributed by atoms with Crippen molar-refractivity contribution in [1.29, 1.82) is 0 Å². The molecule has 0 radical (unpaired) electrons. The van der Waals surface area contributed by atoms with Crippen LogP contribution in [0.4, 0.5) is 5.13 Å². The SMILES string of the molecule is CCNC(=O)CC(=O)Nc1nccs1. The number of carbonyl (C=O) groups excluding carboxylic acids is 2. The number of aromatic nitrogens is 1. The zero-order valence-electron chi connectivity index (χ0n) is 7.74. The fourth-order valence-electron chi connectivity index (χ4n) is 0.854. The van der Waals surface area contributed by atoms with Crippen LogP contribution in [-0.2, 0) is 9.59 Å². The number of rotatable bonds is 4. The average molecular weight is 213 g/mol. The van der Waals surface area contributed by atoms with E-state index >= 15 is 0 Å². The average Bonchev–Trinajstić information content (AvgIpc) is 2.56. The first-order valence-corrected chi connectivity index (χ1v) is 5.06. The van der Waals surface area contributed by atoms with Gasteiger partial charge < -0.3 is 10.6 Å². The summed E-state index contributed by atoms with van der Waals surface area (Å²) < 4.78 is 0. The maximum Gasteiger partial charge on any atom is 0.235 e. The van der Waals surface area contributed by atoms with Gasteiger partial charge in [0.25, 0.3) is 0 Å². The van der Waals surface area contributed by atoms with Gasteiger partial charge in [-0.25, -0.2) is 4.98 Å². The van der Waals surface area contributed by atoms with Crippen molar-refractivity contribution in [1.82, 2.24) is 10.3 Å². The number of nitrogens with zero attached hydrogens (tertiary/aromatic N) is 1. The molecule has 2 amide bonds. The lowest BCUT2D eigenvalue weighted by Gasteiger charge is -2.01. The van der Waals surface area contributed by atoms with Crippen molar-refractivity contribution < 1.29 is 9.59 Å². The van der Waals surface area contributed by atoms with Crippen molar-refractivity contribution >= 4 is 28.3 Å². The second-order valence-electron chi connectivity index (χ2n) is 2.52. The third-order valence-electron chi connectivity index (χ3n) is 1.37.